The summed E-state index contributed by atoms with van der Waals surface area (Å²) in [7, 11) is 1.64. The molecule has 2 heterocycles. The van der Waals surface area contributed by atoms with Crippen LogP contribution < -0.4 is 10.6 Å². The van der Waals surface area contributed by atoms with Crippen molar-refractivity contribution >= 4 is 11.9 Å². The van der Waals surface area contributed by atoms with Gasteiger partial charge >= 0.3 is 0 Å². The second-order valence-corrected chi connectivity index (χ2v) is 3.39. The summed E-state index contributed by atoms with van der Waals surface area (Å²) in [5, 5.41) is 5.75. The molecule has 2 aliphatic heterocycles. The quantitative estimate of drug-likeness (QED) is 0.519. The molecule has 13 heavy (non-hydrogen) atoms. The van der Waals surface area contributed by atoms with Gasteiger partial charge in [0.2, 0.25) is 0 Å². The van der Waals surface area contributed by atoms with E-state index in [-0.39, 0.29) is 5.91 Å². The number of guanidine groups is 1. The summed E-state index contributed by atoms with van der Waals surface area (Å²) in [6.45, 7) is 1.19. The first-order valence-electron chi connectivity index (χ1n) is 4.41. The lowest BCUT2D eigenvalue weighted by Crippen LogP contribution is -2.53. The first-order chi connectivity index (χ1) is 6.27. The number of rotatable bonds is 0. The van der Waals surface area contributed by atoms with Gasteiger partial charge in [-0.3, -0.25) is 15.1 Å². The third-order valence-corrected chi connectivity index (χ3v) is 2.49. The van der Waals surface area contributed by atoms with Crippen LogP contribution in [0.5, 0.6) is 0 Å². The number of carbonyl (C=O) groups is 1. The van der Waals surface area contributed by atoms with Crippen molar-refractivity contribution in [2.24, 2.45) is 4.99 Å². The van der Waals surface area contributed by atoms with Gasteiger partial charge in [0.05, 0.1) is 6.61 Å². The van der Waals surface area contributed by atoms with E-state index in [1.807, 2.05) is 0 Å². The van der Waals surface area contributed by atoms with E-state index in [1.54, 1.807) is 7.05 Å². The Labute approximate surface area is 76.6 Å². The van der Waals surface area contributed by atoms with Gasteiger partial charge < -0.3 is 10.1 Å². The Hall–Kier alpha value is -1.10. The van der Waals surface area contributed by atoms with Gasteiger partial charge in [-0.15, -0.1) is 0 Å². The van der Waals surface area contributed by atoms with Crippen LogP contribution >= 0.6 is 0 Å². The summed E-state index contributed by atoms with van der Waals surface area (Å²) in [6, 6.07) is 0. The molecule has 0 aliphatic carbocycles. The molecule has 2 aliphatic rings. The molecular formula is C8H13N3O2. The smallest absolute Gasteiger partial charge is 0.254 e. The number of ether oxygens (including phenoxy) is 1. The molecule has 0 aromatic rings. The van der Waals surface area contributed by atoms with Crippen LogP contribution in [0.4, 0.5) is 0 Å². The van der Waals surface area contributed by atoms with Crippen molar-refractivity contribution in [3.63, 3.8) is 0 Å². The van der Waals surface area contributed by atoms with E-state index >= 15 is 0 Å². The van der Waals surface area contributed by atoms with E-state index in [9.17, 15) is 4.79 Å². The van der Waals surface area contributed by atoms with Crippen LogP contribution in [0.25, 0.3) is 0 Å². The first kappa shape index (κ1) is 8.50. The SMILES string of the molecule is CN=C1NC(=O)C2(CCCOC2)N1. The zero-order valence-corrected chi connectivity index (χ0v) is 7.59. The van der Waals surface area contributed by atoms with Crippen LogP contribution in [0.15, 0.2) is 4.99 Å². The van der Waals surface area contributed by atoms with E-state index in [4.69, 9.17) is 4.74 Å². The van der Waals surface area contributed by atoms with Crippen molar-refractivity contribution in [3.05, 3.63) is 0 Å². The zero-order chi connectivity index (χ0) is 9.31. The highest BCUT2D eigenvalue weighted by molar-refractivity contribution is 6.09. The highest BCUT2D eigenvalue weighted by Crippen LogP contribution is 2.22. The number of nitrogens with zero attached hydrogens (tertiary/aromatic N) is 1. The Bertz CT molecular complexity index is 256. The van der Waals surface area contributed by atoms with Crippen LogP contribution in [-0.4, -0.2) is 37.7 Å². The molecule has 1 amide bonds. The molecule has 0 aromatic heterocycles. The van der Waals surface area contributed by atoms with Crippen molar-refractivity contribution in [2.75, 3.05) is 20.3 Å². The van der Waals surface area contributed by atoms with Crippen LogP contribution in [0.3, 0.4) is 0 Å². The second kappa shape index (κ2) is 2.99. The summed E-state index contributed by atoms with van der Waals surface area (Å²) in [5.41, 5.74) is -0.549. The molecule has 2 rings (SSSR count). The maximum absolute atomic E-state index is 11.6. The largest absolute Gasteiger partial charge is 0.378 e. The minimum absolute atomic E-state index is 0.0206. The predicted octanol–water partition coefficient (Wildman–Crippen LogP) is -0.759. The number of aliphatic imine (C=N–C) groups is 1. The van der Waals surface area contributed by atoms with Gasteiger partial charge in [0.25, 0.3) is 5.91 Å². The molecule has 5 nitrogen and oxygen atoms in total. The molecule has 1 unspecified atom stereocenters. The normalized spacial score (nSPS) is 36.4. The fraction of sp³-hybridized carbons (Fsp3) is 0.750. The van der Waals surface area contributed by atoms with Gasteiger partial charge in [-0.25, -0.2) is 0 Å². The molecule has 0 aromatic carbocycles. The third-order valence-electron chi connectivity index (χ3n) is 2.49. The second-order valence-electron chi connectivity index (χ2n) is 3.39. The average Bonchev–Trinajstić information content (AvgIpc) is 2.45. The van der Waals surface area contributed by atoms with E-state index < -0.39 is 5.54 Å². The molecule has 2 fully saturated rings. The van der Waals surface area contributed by atoms with Gasteiger partial charge in [0.1, 0.15) is 5.54 Å². The number of amides is 1. The Kier molecular flexibility index (Phi) is 1.95. The van der Waals surface area contributed by atoms with Crippen LogP contribution in [0, 0.1) is 0 Å². The number of nitrogens with one attached hydrogen (secondary N) is 2. The highest BCUT2D eigenvalue weighted by atomic mass is 16.5. The van der Waals surface area contributed by atoms with E-state index in [0.717, 1.165) is 19.4 Å². The third kappa shape index (κ3) is 1.29. The van der Waals surface area contributed by atoms with Crippen molar-refractivity contribution in [3.8, 4) is 0 Å². The molecule has 72 valence electrons. The van der Waals surface area contributed by atoms with Gasteiger partial charge in [0.15, 0.2) is 5.96 Å². The standard InChI is InChI=1S/C8H13N3O2/c1-9-7-10-6(12)8(11-7)3-2-4-13-5-8/h2-5H2,1H3,(H2,9,10,11,12). The van der Waals surface area contributed by atoms with Gasteiger partial charge in [0, 0.05) is 13.7 Å². The van der Waals surface area contributed by atoms with Crippen LogP contribution in [-0.2, 0) is 9.53 Å². The molecule has 1 spiro atoms. The molecule has 2 N–H and O–H groups in total. The first-order valence-corrected chi connectivity index (χ1v) is 4.41. The lowest BCUT2D eigenvalue weighted by atomic mass is 9.93. The fourth-order valence-electron chi connectivity index (χ4n) is 1.73. The van der Waals surface area contributed by atoms with Gasteiger partial charge in [-0.1, -0.05) is 0 Å². The number of hydrogen-bond acceptors (Lipinski definition) is 3. The molecule has 5 heteroatoms. The topological polar surface area (TPSA) is 62.7 Å². The Balaban J connectivity index is 2.18. The Morgan fingerprint density at radius 1 is 1.62 bits per heavy atom. The van der Waals surface area contributed by atoms with Crippen LogP contribution in [0.1, 0.15) is 12.8 Å². The lowest BCUT2D eigenvalue weighted by Gasteiger charge is -2.30. The molecule has 2 saturated heterocycles. The number of carbonyl (C=O) groups excluding carboxylic acids is 1. The minimum atomic E-state index is -0.549. The summed E-state index contributed by atoms with van der Waals surface area (Å²) in [4.78, 5) is 15.5. The average molecular weight is 183 g/mol. The van der Waals surface area contributed by atoms with Gasteiger partial charge in [-0.05, 0) is 12.8 Å². The van der Waals surface area contributed by atoms with Crippen molar-refractivity contribution in [2.45, 2.75) is 18.4 Å². The Morgan fingerprint density at radius 2 is 2.46 bits per heavy atom. The Morgan fingerprint density at radius 3 is 3.00 bits per heavy atom. The maximum Gasteiger partial charge on any atom is 0.254 e. The van der Waals surface area contributed by atoms with Crippen LogP contribution in [0.2, 0.25) is 0 Å². The maximum atomic E-state index is 11.6. The fourth-order valence-corrected chi connectivity index (χ4v) is 1.73. The molecule has 0 bridgehead atoms. The van der Waals surface area contributed by atoms with E-state index in [1.165, 1.54) is 0 Å². The zero-order valence-electron chi connectivity index (χ0n) is 7.59. The van der Waals surface area contributed by atoms with Crippen molar-refractivity contribution in [1.82, 2.24) is 10.6 Å². The molecule has 0 radical (unpaired) electrons. The lowest BCUT2D eigenvalue weighted by molar-refractivity contribution is -0.128. The predicted molar refractivity (Wildman–Crippen MR) is 47.4 cm³/mol. The van der Waals surface area contributed by atoms with Crippen molar-refractivity contribution < 1.29 is 9.53 Å². The summed E-state index contributed by atoms with van der Waals surface area (Å²) >= 11 is 0. The van der Waals surface area contributed by atoms with E-state index in [2.05, 4.69) is 15.6 Å². The monoisotopic (exact) mass is 183 g/mol. The summed E-state index contributed by atoms with van der Waals surface area (Å²) in [6.07, 6.45) is 1.73. The summed E-state index contributed by atoms with van der Waals surface area (Å²) < 4.78 is 5.29. The van der Waals surface area contributed by atoms with Crippen molar-refractivity contribution in [1.29, 1.82) is 0 Å². The summed E-state index contributed by atoms with van der Waals surface area (Å²) in [5.74, 6) is 0.531. The molecule has 0 saturated carbocycles. The molecular weight excluding hydrogens is 170 g/mol. The number of hydrogen-bond donors (Lipinski definition) is 2. The van der Waals surface area contributed by atoms with E-state index in [0.29, 0.717) is 12.6 Å². The van der Waals surface area contributed by atoms with Gasteiger partial charge in [-0.2, -0.15) is 0 Å². The molecule has 1 atom stereocenters. The highest BCUT2D eigenvalue weighted by Gasteiger charge is 2.46. The minimum Gasteiger partial charge on any atom is -0.378 e.